The van der Waals surface area contributed by atoms with Crippen molar-refractivity contribution >= 4 is 40.6 Å². The monoisotopic (exact) mass is 378 g/mol. The summed E-state index contributed by atoms with van der Waals surface area (Å²) < 4.78 is 0. The third-order valence-electron chi connectivity index (χ3n) is 4.14. The number of hydrogen-bond donors (Lipinski definition) is 2. The van der Waals surface area contributed by atoms with Gasteiger partial charge in [0.15, 0.2) is 5.78 Å². The minimum atomic E-state index is -0.633. The van der Waals surface area contributed by atoms with Gasteiger partial charge >= 0.3 is 0 Å². The second-order valence-electron chi connectivity index (χ2n) is 6.92. The van der Waals surface area contributed by atoms with Gasteiger partial charge in [-0.05, 0) is 36.1 Å². The summed E-state index contributed by atoms with van der Waals surface area (Å²) in [5.41, 5.74) is 0.428. The summed E-state index contributed by atoms with van der Waals surface area (Å²) in [6.45, 7) is 3.94. The lowest BCUT2D eigenvalue weighted by molar-refractivity contribution is 0.0910. The molecule has 0 saturated carbocycles. The van der Waals surface area contributed by atoms with Crippen LogP contribution < -0.4 is 10.9 Å². The van der Waals surface area contributed by atoms with E-state index in [2.05, 4.69) is 10.3 Å². The van der Waals surface area contributed by atoms with Crippen LogP contribution in [0.1, 0.15) is 46.7 Å². The number of anilines is 1. The summed E-state index contributed by atoms with van der Waals surface area (Å²) in [6.07, 6.45) is 0.949. The smallest absolute Gasteiger partial charge is 0.261 e. The third kappa shape index (κ3) is 3.62. The zero-order chi connectivity index (χ0) is 18.4. The van der Waals surface area contributed by atoms with Crippen LogP contribution in [0.3, 0.4) is 0 Å². The second kappa shape index (κ2) is 6.32. The van der Waals surface area contributed by atoms with Crippen LogP contribution in [0.25, 0.3) is 0 Å². The van der Waals surface area contributed by atoms with Crippen LogP contribution in [-0.2, 0) is 6.42 Å². The molecule has 0 bridgehead atoms. The van der Waals surface area contributed by atoms with E-state index in [-0.39, 0.29) is 21.8 Å². The van der Waals surface area contributed by atoms with Crippen LogP contribution in [0.15, 0.2) is 29.1 Å². The summed E-state index contributed by atoms with van der Waals surface area (Å²) >= 11 is 11.9. The molecule has 1 aliphatic carbocycles. The molecule has 0 saturated heterocycles. The van der Waals surface area contributed by atoms with E-state index in [0.717, 1.165) is 0 Å². The number of amides is 1. The Morgan fingerprint density at radius 1 is 1.16 bits per heavy atom. The quantitative estimate of drug-likeness (QED) is 0.825. The largest absolute Gasteiger partial charge is 0.325 e. The first-order valence-electron chi connectivity index (χ1n) is 7.72. The zero-order valence-electron chi connectivity index (χ0n) is 13.7. The van der Waals surface area contributed by atoms with Crippen molar-refractivity contribution in [3.63, 3.8) is 0 Å². The molecule has 0 aliphatic heterocycles. The fourth-order valence-electron chi connectivity index (χ4n) is 2.98. The van der Waals surface area contributed by atoms with Crippen LogP contribution in [0.4, 0.5) is 5.69 Å². The molecule has 5 nitrogen and oxygen atoms in total. The van der Waals surface area contributed by atoms with E-state index in [0.29, 0.717) is 34.8 Å². The first kappa shape index (κ1) is 17.7. The van der Waals surface area contributed by atoms with Gasteiger partial charge in [-0.1, -0.05) is 37.0 Å². The van der Waals surface area contributed by atoms with Gasteiger partial charge in [0.25, 0.3) is 11.5 Å². The number of Topliss-reactive ketones (excluding diaryl/α,β-unsaturated/α-hetero) is 1. The van der Waals surface area contributed by atoms with Crippen molar-refractivity contribution in [1.29, 1.82) is 0 Å². The van der Waals surface area contributed by atoms with Gasteiger partial charge in [-0.2, -0.15) is 0 Å². The number of halogens is 2. The molecule has 1 aliphatic rings. The molecule has 25 heavy (non-hydrogen) atoms. The Labute approximate surface area is 154 Å². The summed E-state index contributed by atoms with van der Waals surface area (Å²) in [4.78, 5) is 39.8. The number of benzene rings is 1. The molecule has 0 fully saturated rings. The van der Waals surface area contributed by atoms with Crippen molar-refractivity contribution < 1.29 is 9.59 Å². The van der Waals surface area contributed by atoms with Crippen molar-refractivity contribution in [1.82, 2.24) is 4.98 Å². The highest BCUT2D eigenvalue weighted by Crippen LogP contribution is 2.33. The molecular formula is C18H16Cl2N2O3. The third-order valence-corrected chi connectivity index (χ3v) is 4.69. The highest BCUT2D eigenvalue weighted by atomic mass is 35.5. The molecule has 1 heterocycles. The van der Waals surface area contributed by atoms with Crippen molar-refractivity contribution in [3.8, 4) is 0 Å². The van der Waals surface area contributed by atoms with E-state index in [1.807, 2.05) is 13.8 Å². The van der Waals surface area contributed by atoms with E-state index < -0.39 is 11.5 Å². The van der Waals surface area contributed by atoms with Crippen molar-refractivity contribution in [2.45, 2.75) is 26.7 Å². The lowest BCUT2D eigenvalue weighted by atomic mass is 9.75. The molecule has 7 heteroatoms. The first-order valence-corrected chi connectivity index (χ1v) is 8.48. The van der Waals surface area contributed by atoms with Crippen LogP contribution in [-0.4, -0.2) is 16.7 Å². The molecular weight excluding hydrogens is 363 g/mol. The fourth-order valence-corrected chi connectivity index (χ4v) is 3.43. The Balaban J connectivity index is 1.95. The molecule has 1 aromatic heterocycles. The van der Waals surface area contributed by atoms with Gasteiger partial charge in [-0.15, -0.1) is 0 Å². The predicted octanol–water partition coefficient (Wildman–Crippen LogP) is 4.09. The lowest BCUT2D eigenvalue weighted by Crippen LogP contribution is -2.32. The van der Waals surface area contributed by atoms with Crippen molar-refractivity contribution in [3.05, 3.63) is 61.5 Å². The number of carbonyl (C=O) groups excluding carboxylic acids is 2. The fraction of sp³-hybridized carbons (Fsp3) is 0.278. The predicted molar refractivity (Wildman–Crippen MR) is 97.9 cm³/mol. The second-order valence-corrected chi connectivity index (χ2v) is 7.77. The zero-order valence-corrected chi connectivity index (χ0v) is 15.2. The summed E-state index contributed by atoms with van der Waals surface area (Å²) in [5.74, 6) is -0.716. The average Bonchev–Trinajstić information content (AvgIpc) is 2.48. The number of H-pyrrole nitrogens is 1. The molecule has 0 atom stereocenters. The SMILES string of the molecule is CC1(C)CC(=O)c2cc(C(=O)Nc3ccc(Cl)cc3Cl)c(=O)[nH]c2C1. The van der Waals surface area contributed by atoms with E-state index in [1.54, 1.807) is 12.1 Å². The number of fused-ring (bicyclic) bond motifs is 1. The number of rotatable bonds is 2. The molecule has 0 spiro atoms. The van der Waals surface area contributed by atoms with Crippen LogP contribution in [0.5, 0.6) is 0 Å². The summed E-state index contributed by atoms with van der Waals surface area (Å²) in [5, 5.41) is 3.26. The number of ketones is 1. The number of carbonyl (C=O) groups is 2. The Morgan fingerprint density at radius 2 is 1.88 bits per heavy atom. The topological polar surface area (TPSA) is 79.0 Å². The van der Waals surface area contributed by atoms with E-state index in [1.165, 1.54) is 12.1 Å². The standard InChI is InChI=1S/C18H16Cl2N2O3/c1-18(2)7-14-10(15(23)8-18)6-11(17(25)22-14)16(24)21-13-4-3-9(19)5-12(13)20/h3-6H,7-8H2,1-2H3,(H,21,24)(H,22,25). The minimum absolute atomic E-state index is 0.0823. The van der Waals surface area contributed by atoms with Gasteiger partial charge in [0.1, 0.15) is 5.56 Å². The Bertz CT molecular complexity index is 948. The lowest BCUT2D eigenvalue weighted by Gasteiger charge is -2.29. The Kier molecular flexibility index (Phi) is 4.47. The number of hydrogen-bond acceptors (Lipinski definition) is 3. The van der Waals surface area contributed by atoms with Crippen LogP contribution >= 0.6 is 23.2 Å². The maximum absolute atomic E-state index is 12.5. The first-order chi connectivity index (χ1) is 11.7. The highest BCUT2D eigenvalue weighted by molar-refractivity contribution is 6.36. The van der Waals surface area contributed by atoms with Crippen LogP contribution in [0.2, 0.25) is 10.0 Å². The van der Waals surface area contributed by atoms with Gasteiger partial charge in [0, 0.05) is 22.7 Å². The molecule has 1 amide bonds. The average molecular weight is 379 g/mol. The van der Waals surface area contributed by atoms with Crippen molar-refractivity contribution in [2.24, 2.45) is 5.41 Å². The van der Waals surface area contributed by atoms with Crippen LogP contribution in [0, 0.1) is 5.41 Å². The highest BCUT2D eigenvalue weighted by Gasteiger charge is 2.32. The molecule has 3 rings (SSSR count). The Hall–Kier alpha value is -2.11. The number of nitrogens with one attached hydrogen (secondary N) is 2. The molecule has 0 radical (unpaired) electrons. The van der Waals surface area contributed by atoms with E-state index in [9.17, 15) is 14.4 Å². The van der Waals surface area contributed by atoms with Gasteiger partial charge < -0.3 is 10.3 Å². The Morgan fingerprint density at radius 3 is 2.56 bits per heavy atom. The normalized spacial score (nSPS) is 15.6. The van der Waals surface area contributed by atoms with Crippen molar-refractivity contribution in [2.75, 3.05) is 5.32 Å². The summed E-state index contributed by atoms with van der Waals surface area (Å²) in [6, 6.07) is 5.97. The summed E-state index contributed by atoms with van der Waals surface area (Å²) in [7, 11) is 0. The van der Waals surface area contributed by atoms with Gasteiger partial charge in [0.2, 0.25) is 0 Å². The van der Waals surface area contributed by atoms with Gasteiger partial charge in [-0.25, -0.2) is 0 Å². The molecule has 130 valence electrons. The van der Waals surface area contributed by atoms with E-state index >= 15 is 0 Å². The minimum Gasteiger partial charge on any atom is -0.325 e. The maximum Gasteiger partial charge on any atom is 0.261 e. The molecule has 1 aromatic carbocycles. The maximum atomic E-state index is 12.5. The van der Waals surface area contributed by atoms with Gasteiger partial charge in [0.05, 0.1) is 10.7 Å². The van der Waals surface area contributed by atoms with Gasteiger partial charge in [-0.3, -0.25) is 14.4 Å². The molecule has 2 N–H and O–H groups in total. The number of pyridine rings is 1. The number of aromatic amines is 1. The molecule has 2 aromatic rings. The number of aromatic nitrogens is 1. The molecule has 0 unspecified atom stereocenters. The van der Waals surface area contributed by atoms with E-state index in [4.69, 9.17) is 23.2 Å².